The van der Waals surface area contributed by atoms with Crippen LogP contribution < -0.4 is 29.3 Å². The van der Waals surface area contributed by atoms with E-state index in [1.165, 1.54) is 57.0 Å². The highest BCUT2D eigenvalue weighted by Crippen LogP contribution is 2.59. The maximum atomic E-state index is 2.41. The Bertz CT molecular complexity index is 302. The van der Waals surface area contributed by atoms with Crippen molar-refractivity contribution in [3.05, 3.63) is 30.3 Å². The van der Waals surface area contributed by atoms with E-state index in [0.717, 1.165) is 0 Å². The molecule has 116 valence electrons. The Balaban J connectivity index is 0.00000361. The van der Waals surface area contributed by atoms with Gasteiger partial charge in [-0.2, -0.15) is 0 Å². The summed E-state index contributed by atoms with van der Waals surface area (Å²) in [6.07, 6.45) is 12.7. The average Bonchev–Trinajstić information content (AvgIpc) is 2.48. The van der Waals surface area contributed by atoms with Crippen molar-refractivity contribution in [2.75, 3.05) is 18.5 Å². The fourth-order valence-corrected chi connectivity index (χ4v) is 7.86. The first-order valence-corrected chi connectivity index (χ1v) is 10.5. The van der Waals surface area contributed by atoms with Gasteiger partial charge in [-0.05, 0) is 31.4 Å². The lowest BCUT2D eigenvalue weighted by Crippen LogP contribution is -3.00. The highest BCUT2D eigenvalue weighted by molar-refractivity contribution is 7.82. The summed E-state index contributed by atoms with van der Waals surface area (Å²) in [7, 11) is -0.898. The van der Waals surface area contributed by atoms with Crippen molar-refractivity contribution < 1.29 is 24.0 Å². The van der Waals surface area contributed by atoms with E-state index in [0.29, 0.717) is 0 Å². The van der Waals surface area contributed by atoms with E-state index in [4.69, 9.17) is 0 Å². The van der Waals surface area contributed by atoms with Crippen LogP contribution in [-0.4, -0.2) is 18.5 Å². The first-order chi connectivity index (χ1) is 9.29. The Hall–Kier alpha value is 0.380. The van der Waals surface area contributed by atoms with E-state index < -0.39 is 7.26 Å². The Labute approximate surface area is 144 Å². The molecule has 20 heavy (non-hydrogen) atoms. The molecular weight excluding hydrogens is 374 g/mol. The van der Waals surface area contributed by atoms with Gasteiger partial charge in [-0.1, -0.05) is 58.2 Å². The summed E-state index contributed by atoms with van der Waals surface area (Å²) in [6, 6.07) is 11.5. The second kappa shape index (κ2) is 12.0. The smallest absolute Gasteiger partial charge is 0.0939 e. The summed E-state index contributed by atoms with van der Waals surface area (Å²) < 4.78 is 0. The predicted molar refractivity (Wildman–Crippen MR) is 92.3 cm³/mol. The van der Waals surface area contributed by atoms with E-state index in [-0.39, 0.29) is 24.0 Å². The normalized spacial score (nSPS) is 11.2. The van der Waals surface area contributed by atoms with Crippen LogP contribution in [0.5, 0.6) is 0 Å². The van der Waals surface area contributed by atoms with Crippen molar-refractivity contribution in [3.8, 4) is 0 Å². The van der Waals surface area contributed by atoms with Crippen LogP contribution >= 0.6 is 7.26 Å². The first-order valence-electron chi connectivity index (χ1n) is 8.20. The third-order valence-electron chi connectivity index (χ3n) is 4.12. The van der Waals surface area contributed by atoms with Gasteiger partial charge in [0.05, 0.1) is 23.8 Å². The molecule has 0 aliphatic heterocycles. The number of benzene rings is 1. The Morgan fingerprint density at radius 3 is 1.45 bits per heavy atom. The summed E-state index contributed by atoms with van der Waals surface area (Å²) >= 11 is 0. The van der Waals surface area contributed by atoms with Gasteiger partial charge >= 0.3 is 0 Å². The molecule has 0 saturated carbocycles. The molecule has 0 N–H and O–H groups in total. The lowest BCUT2D eigenvalue weighted by atomic mass is 10.4. The van der Waals surface area contributed by atoms with Gasteiger partial charge in [-0.15, -0.1) is 0 Å². The van der Waals surface area contributed by atoms with Crippen molar-refractivity contribution in [1.82, 2.24) is 0 Å². The topological polar surface area (TPSA) is 0 Å². The summed E-state index contributed by atoms with van der Waals surface area (Å²) in [6.45, 7) is 7.00. The zero-order chi connectivity index (χ0) is 14.0. The van der Waals surface area contributed by atoms with Crippen LogP contribution in [0.2, 0.25) is 0 Å². The van der Waals surface area contributed by atoms with Crippen LogP contribution in [0.15, 0.2) is 30.3 Å². The van der Waals surface area contributed by atoms with E-state index in [1.54, 1.807) is 5.30 Å². The predicted octanol–water partition coefficient (Wildman–Crippen LogP) is 2.73. The molecule has 0 unspecified atom stereocenters. The minimum atomic E-state index is -0.898. The lowest BCUT2D eigenvalue weighted by Gasteiger charge is -2.27. The third-order valence-corrected chi connectivity index (χ3v) is 9.03. The minimum absolute atomic E-state index is 0. The monoisotopic (exact) mass is 406 g/mol. The Morgan fingerprint density at radius 2 is 1.10 bits per heavy atom. The number of unbranched alkanes of at least 4 members (excludes halogenated alkanes) is 3. The van der Waals surface area contributed by atoms with E-state index in [9.17, 15) is 0 Å². The van der Waals surface area contributed by atoms with Crippen molar-refractivity contribution >= 4 is 12.6 Å². The number of halogens is 1. The van der Waals surface area contributed by atoms with Crippen LogP contribution in [0.1, 0.15) is 59.3 Å². The van der Waals surface area contributed by atoms with Gasteiger partial charge < -0.3 is 24.0 Å². The van der Waals surface area contributed by atoms with Gasteiger partial charge in [0.25, 0.3) is 0 Å². The average molecular weight is 406 g/mol. The third kappa shape index (κ3) is 6.43. The van der Waals surface area contributed by atoms with Crippen molar-refractivity contribution in [2.45, 2.75) is 59.3 Å². The van der Waals surface area contributed by atoms with Gasteiger partial charge in [-0.3, -0.25) is 0 Å². The molecule has 2 heteroatoms. The minimum Gasteiger partial charge on any atom is -1.00 e. The Morgan fingerprint density at radius 1 is 0.700 bits per heavy atom. The number of rotatable bonds is 10. The second-order valence-electron chi connectivity index (χ2n) is 5.71. The molecule has 0 bridgehead atoms. The van der Waals surface area contributed by atoms with Crippen molar-refractivity contribution in [3.63, 3.8) is 0 Å². The molecule has 0 aliphatic carbocycles. The summed E-state index contributed by atoms with van der Waals surface area (Å²) in [5.41, 5.74) is 0. The Kier molecular flexibility index (Phi) is 12.2. The largest absolute Gasteiger partial charge is 1.00 e. The summed E-state index contributed by atoms with van der Waals surface area (Å²) in [5.74, 6) is 0. The van der Waals surface area contributed by atoms with E-state index >= 15 is 0 Å². The molecule has 1 aromatic carbocycles. The fourth-order valence-electron chi connectivity index (χ4n) is 2.85. The maximum Gasteiger partial charge on any atom is 0.0939 e. The van der Waals surface area contributed by atoms with Gasteiger partial charge in [0.2, 0.25) is 0 Å². The molecule has 0 nitrogen and oxygen atoms in total. The zero-order valence-electron chi connectivity index (χ0n) is 13.6. The van der Waals surface area contributed by atoms with Gasteiger partial charge in [0.15, 0.2) is 0 Å². The maximum absolute atomic E-state index is 2.41. The molecule has 1 aromatic rings. The lowest BCUT2D eigenvalue weighted by molar-refractivity contribution is -0.00000419. The van der Waals surface area contributed by atoms with Gasteiger partial charge in [0.1, 0.15) is 0 Å². The number of hydrogen-bond donors (Lipinski definition) is 0. The molecular formula is C18H32IP. The van der Waals surface area contributed by atoms with E-state index in [2.05, 4.69) is 51.1 Å². The standard InChI is InChI=1S/C18H32P.HI/c1-4-7-15-19(16-8-5-2,17-9-6-3)18-13-11-10-12-14-18;/h10-14H,4-9,15-17H2,1-3H3;1H/q+1;/p-1. The first kappa shape index (κ1) is 20.4. The van der Waals surface area contributed by atoms with Crippen LogP contribution in [0.4, 0.5) is 0 Å². The van der Waals surface area contributed by atoms with E-state index in [1.807, 2.05) is 0 Å². The molecule has 0 fully saturated rings. The number of hydrogen-bond acceptors (Lipinski definition) is 0. The van der Waals surface area contributed by atoms with Crippen LogP contribution in [0.3, 0.4) is 0 Å². The fraction of sp³-hybridized carbons (Fsp3) is 0.667. The SMILES string of the molecule is CCCC[P+](CCCC)(CCCC)c1ccccc1.[I-]. The molecule has 0 spiro atoms. The van der Waals surface area contributed by atoms with Crippen LogP contribution in [-0.2, 0) is 0 Å². The quantitative estimate of drug-likeness (QED) is 0.414. The summed E-state index contributed by atoms with van der Waals surface area (Å²) in [4.78, 5) is 0. The molecule has 0 aliphatic rings. The highest BCUT2D eigenvalue weighted by Gasteiger charge is 2.37. The van der Waals surface area contributed by atoms with Crippen molar-refractivity contribution in [2.24, 2.45) is 0 Å². The molecule has 0 amide bonds. The molecule has 0 aromatic heterocycles. The summed E-state index contributed by atoms with van der Waals surface area (Å²) in [5, 5.41) is 1.70. The zero-order valence-corrected chi connectivity index (χ0v) is 16.6. The van der Waals surface area contributed by atoms with Gasteiger partial charge in [-0.25, -0.2) is 0 Å². The second-order valence-corrected chi connectivity index (χ2v) is 9.86. The van der Waals surface area contributed by atoms with Crippen LogP contribution in [0, 0.1) is 0 Å². The van der Waals surface area contributed by atoms with Crippen LogP contribution in [0.25, 0.3) is 0 Å². The van der Waals surface area contributed by atoms with Gasteiger partial charge in [0, 0.05) is 7.26 Å². The molecule has 0 atom stereocenters. The molecule has 0 heterocycles. The molecule has 1 rings (SSSR count). The highest BCUT2D eigenvalue weighted by atomic mass is 127. The molecule has 0 saturated heterocycles. The molecule has 0 radical (unpaired) electrons. The van der Waals surface area contributed by atoms with Crippen molar-refractivity contribution in [1.29, 1.82) is 0 Å².